The monoisotopic (exact) mass is 441 g/mol. The second-order valence-electron chi connectivity index (χ2n) is 7.96. The van der Waals surface area contributed by atoms with Crippen LogP contribution in [0.4, 0.5) is 0 Å². The molecule has 0 atom stereocenters. The molecule has 5 aromatic rings. The lowest BCUT2D eigenvalue weighted by Gasteiger charge is -2.11. The summed E-state index contributed by atoms with van der Waals surface area (Å²) in [5, 5.41) is 5.50. The van der Waals surface area contributed by atoms with Gasteiger partial charge in [0.2, 0.25) is 0 Å². The van der Waals surface area contributed by atoms with Crippen LogP contribution in [0.1, 0.15) is 33.6 Å². The Morgan fingerprint density at radius 3 is 2.62 bits per heavy atom. The van der Waals surface area contributed by atoms with Crippen molar-refractivity contribution in [3.63, 3.8) is 0 Å². The quantitative estimate of drug-likeness (QED) is 0.395. The predicted octanol–water partition coefficient (Wildman–Crippen LogP) is 3.93. The van der Waals surface area contributed by atoms with Crippen LogP contribution in [0.15, 0.2) is 59.7 Å². The first-order chi connectivity index (χ1) is 15.7. The van der Waals surface area contributed by atoms with Gasteiger partial charge in [-0.25, -0.2) is 9.78 Å². The van der Waals surface area contributed by atoms with E-state index >= 15 is 0 Å². The van der Waals surface area contributed by atoms with Gasteiger partial charge in [0.05, 0.1) is 11.9 Å². The van der Waals surface area contributed by atoms with Crippen LogP contribution >= 0.6 is 11.3 Å². The Morgan fingerprint density at radius 1 is 1.03 bits per heavy atom. The largest absolute Gasteiger partial charge is 0.352 e. The van der Waals surface area contributed by atoms with Crippen LogP contribution in [0.2, 0.25) is 0 Å². The molecule has 0 radical (unpaired) electrons. The van der Waals surface area contributed by atoms with E-state index in [4.69, 9.17) is 4.98 Å². The molecule has 0 spiro atoms. The number of aromatic nitrogens is 5. The van der Waals surface area contributed by atoms with E-state index in [0.717, 1.165) is 41.5 Å². The molecule has 0 bridgehead atoms. The van der Waals surface area contributed by atoms with Crippen LogP contribution in [0, 0.1) is 0 Å². The average molecular weight is 442 g/mol. The van der Waals surface area contributed by atoms with Gasteiger partial charge in [0.25, 0.3) is 0 Å². The number of carbonyl (C=O) groups excluding carboxylic acids is 1. The number of hydrogen-bond donors (Lipinski definition) is 0. The Kier molecular flexibility index (Phi) is 4.46. The van der Waals surface area contributed by atoms with Crippen molar-refractivity contribution in [3.8, 4) is 11.4 Å². The Labute approximate surface area is 187 Å². The van der Waals surface area contributed by atoms with Gasteiger partial charge in [-0.1, -0.05) is 30.3 Å². The van der Waals surface area contributed by atoms with Crippen molar-refractivity contribution < 1.29 is 4.79 Å². The lowest BCUT2D eigenvalue weighted by Crippen LogP contribution is -2.30. The topological polar surface area (TPSA) is 82.2 Å². The van der Waals surface area contributed by atoms with Crippen molar-refractivity contribution >= 4 is 33.0 Å². The molecule has 32 heavy (non-hydrogen) atoms. The fraction of sp³-hybridized carbons (Fsp3) is 0.208. The molecule has 0 aliphatic heterocycles. The molecule has 8 heteroatoms. The number of aryl methyl sites for hydroxylation is 2. The zero-order valence-corrected chi connectivity index (χ0v) is 18.0. The van der Waals surface area contributed by atoms with E-state index < -0.39 is 0 Å². The second-order valence-corrected chi connectivity index (χ2v) is 9.04. The summed E-state index contributed by atoms with van der Waals surface area (Å²) in [7, 11) is 0. The Morgan fingerprint density at radius 2 is 1.81 bits per heavy atom. The molecule has 1 aliphatic carbocycles. The summed E-state index contributed by atoms with van der Waals surface area (Å²) in [6.07, 6.45) is 7.55. The van der Waals surface area contributed by atoms with Crippen molar-refractivity contribution in [1.29, 1.82) is 0 Å². The van der Waals surface area contributed by atoms with Gasteiger partial charge in [-0.05, 0) is 43.4 Å². The van der Waals surface area contributed by atoms with Gasteiger partial charge in [0.15, 0.2) is 17.3 Å². The molecule has 6 rings (SSSR count). The van der Waals surface area contributed by atoms with Gasteiger partial charge >= 0.3 is 5.69 Å². The minimum Gasteiger partial charge on any atom is -0.292 e. The van der Waals surface area contributed by atoms with E-state index in [1.54, 1.807) is 40.4 Å². The highest BCUT2D eigenvalue weighted by molar-refractivity contribution is 7.19. The third-order valence-electron chi connectivity index (χ3n) is 5.98. The summed E-state index contributed by atoms with van der Waals surface area (Å²) in [5.74, 6) is 0.378. The first-order valence-corrected chi connectivity index (χ1v) is 11.4. The number of rotatable bonds is 4. The van der Waals surface area contributed by atoms with Crippen LogP contribution in [-0.4, -0.2) is 29.9 Å². The zero-order valence-electron chi connectivity index (χ0n) is 17.2. The normalized spacial score (nSPS) is 13.5. The zero-order chi connectivity index (χ0) is 21.7. The molecule has 0 N–H and O–H groups in total. The van der Waals surface area contributed by atoms with Crippen molar-refractivity contribution in [2.45, 2.75) is 32.2 Å². The number of nitrogens with zero attached hydrogens (tertiary/aromatic N) is 5. The highest BCUT2D eigenvalue weighted by Gasteiger charge is 2.25. The van der Waals surface area contributed by atoms with E-state index in [-0.39, 0.29) is 18.0 Å². The molecule has 0 fully saturated rings. The Bertz CT molecular complexity index is 1530. The standard InChI is InChI=1S/C24H19N5O2S/c30-18(15-6-2-1-3-7-15)14-28-23-20(17-8-4-5-9-19(17)32-23)22-26-21(27-29(22)24(28)31)16-10-12-25-13-11-16/h1-3,6-7,10-13H,4-5,8-9,14H2. The molecule has 158 valence electrons. The highest BCUT2D eigenvalue weighted by atomic mass is 32.1. The van der Waals surface area contributed by atoms with E-state index in [2.05, 4.69) is 10.1 Å². The molecule has 1 aliphatic rings. The summed E-state index contributed by atoms with van der Waals surface area (Å²) < 4.78 is 2.93. The number of ketones is 1. The smallest absolute Gasteiger partial charge is 0.292 e. The summed E-state index contributed by atoms with van der Waals surface area (Å²) >= 11 is 1.62. The van der Waals surface area contributed by atoms with Gasteiger partial charge in [-0.2, -0.15) is 4.52 Å². The average Bonchev–Trinajstić information content (AvgIpc) is 3.45. The number of Topliss-reactive ketones (excluding diaryl/α,β-unsaturated/α-hetero) is 1. The van der Waals surface area contributed by atoms with Crippen LogP contribution in [0.3, 0.4) is 0 Å². The number of benzene rings is 1. The van der Waals surface area contributed by atoms with E-state index in [9.17, 15) is 9.59 Å². The molecule has 7 nitrogen and oxygen atoms in total. The van der Waals surface area contributed by atoms with E-state index in [1.165, 1.54) is 15.0 Å². The molecule has 0 unspecified atom stereocenters. The minimum atomic E-state index is -0.344. The van der Waals surface area contributed by atoms with Gasteiger partial charge in [0.1, 0.15) is 4.83 Å². The SMILES string of the molecule is O=C(Cn1c(=O)n2nc(-c3ccncc3)nc2c2c3c(sc21)CCCC3)c1ccccc1. The van der Waals surface area contributed by atoms with Gasteiger partial charge in [-0.15, -0.1) is 16.4 Å². The highest BCUT2D eigenvalue weighted by Crippen LogP contribution is 2.38. The fourth-order valence-corrected chi connectivity index (χ4v) is 5.78. The molecule has 1 aromatic carbocycles. The second kappa shape index (κ2) is 7.49. The predicted molar refractivity (Wildman–Crippen MR) is 123 cm³/mol. The van der Waals surface area contributed by atoms with Gasteiger partial charge in [0, 0.05) is 28.4 Å². The lowest BCUT2D eigenvalue weighted by molar-refractivity contribution is 0.0972. The number of thiophene rings is 1. The number of carbonyl (C=O) groups is 1. The van der Waals surface area contributed by atoms with E-state index in [0.29, 0.717) is 17.0 Å². The minimum absolute atomic E-state index is 0.0286. The summed E-state index contributed by atoms with van der Waals surface area (Å²) in [6.45, 7) is -0.0286. The summed E-state index contributed by atoms with van der Waals surface area (Å²) in [5.41, 5.74) is 2.86. The maximum atomic E-state index is 13.5. The third-order valence-corrected chi connectivity index (χ3v) is 7.29. The lowest BCUT2D eigenvalue weighted by atomic mass is 9.97. The Hall–Kier alpha value is -3.65. The fourth-order valence-electron chi connectivity index (χ4n) is 4.40. The van der Waals surface area contributed by atoms with Crippen molar-refractivity contribution in [3.05, 3.63) is 81.3 Å². The molecule has 4 heterocycles. The molecular weight excluding hydrogens is 422 g/mol. The first-order valence-electron chi connectivity index (χ1n) is 10.6. The molecule has 4 aromatic heterocycles. The molecule has 0 saturated heterocycles. The van der Waals surface area contributed by atoms with Crippen LogP contribution in [0.5, 0.6) is 0 Å². The van der Waals surface area contributed by atoms with Crippen LogP contribution < -0.4 is 5.69 Å². The number of fused-ring (bicyclic) bond motifs is 5. The Balaban J connectivity index is 1.61. The maximum Gasteiger partial charge on any atom is 0.352 e. The molecular formula is C24H19N5O2S. The third kappa shape index (κ3) is 2.98. The van der Waals surface area contributed by atoms with Crippen molar-refractivity contribution in [1.82, 2.24) is 24.1 Å². The van der Waals surface area contributed by atoms with Crippen molar-refractivity contribution in [2.24, 2.45) is 0 Å². The first kappa shape index (κ1) is 19.1. The molecule has 0 amide bonds. The van der Waals surface area contributed by atoms with Crippen LogP contribution in [-0.2, 0) is 19.4 Å². The number of hydrogen-bond acceptors (Lipinski definition) is 6. The summed E-state index contributed by atoms with van der Waals surface area (Å²) in [6, 6.07) is 12.7. The number of pyridine rings is 1. The maximum absolute atomic E-state index is 13.5. The van der Waals surface area contributed by atoms with E-state index in [1.807, 2.05) is 30.3 Å². The van der Waals surface area contributed by atoms with Crippen molar-refractivity contribution in [2.75, 3.05) is 0 Å². The summed E-state index contributed by atoms with van der Waals surface area (Å²) in [4.78, 5) is 37.5. The van der Waals surface area contributed by atoms with Crippen LogP contribution in [0.25, 0.3) is 27.3 Å². The van der Waals surface area contributed by atoms with Gasteiger partial charge in [-0.3, -0.25) is 14.3 Å². The molecule has 0 saturated carbocycles. The van der Waals surface area contributed by atoms with Gasteiger partial charge < -0.3 is 0 Å².